The van der Waals surface area contributed by atoms with Crippen LogP contribution in [-0.4, -0.2) is 43.3 Å². The summed E-state index contributed by atoms with van der Waals surface area (Å²) in [4.78, 5) is 35.9. The molecular formula is C22H21N3O7. The Morgan fingerprint density at radius 1 is 0.938 bits per heavy atom. The molecule has 166 valence electrons. The van der Waals surface area contributed by atoms with Crippen molar-refractivity contribution in [1.82, 2.24) is 5.16 Å². The average molecular weight is 439 g/mol. The molecule has 2 amide bonds. The van der Waals surface area contributed by atoms with E-state index >= 15 is 0 Å². The fourth-order valence-electron chi connectivity index (χ4n) is 2.55. The summed E-state index contributed by atoms with van der Waals surface area (Å²) in [6.45, 7) is 0.985. The average Bonchev–Trinajstić information content (AvgIpc) is 3.20. The molecule has 0 atom stereocenters. The quantitative estimate of drug-likeness (QED) is 0.487. The molecule has 0 aliphatic rings. The van der Waals surface area contributed by atoms with Crippen LogP contribution in [0.25, 0.3) is 0 Å². The van der Waals surface area contributed by atoms with Gasteiger partial charge in [-0.05, 0) is 43.3 Å². The Kier molecular flexibility index (Phi) is 7.42. The summed E-state index contributed by atoms with van der Waals surface area (Å²) in [5.41, 5.74) is 0.807. The summed E-state index contributed by atoms with van der Waals surface area (Å²) in [6.07, 6.45) is 0. The molecule has 0 aliphatic heterocycles. The standard InChI is InChI=1S/C22H21N3O7/c1-14-10-19(25-32-14)24-21(27)13-31-22(28)15-6-8-17(9-7-15)30-12-20(26)23-16-4-3-5-18(11-16)29-2/h3-11H,12-13H2,1-2H3,(H,23,26)(H,24,25,27). The molecule has 2 N–H and O–H groups in total. The summed E-state index contributed by atoms with van der Waals surface area (Å²) < 4.78 is 20.3. The molecule has 0 unspecified atom stereocenters. The van der Waals surface area contributed by atoms with Gasteiger partial charge in [-0.1, -0.05) is 11.2 Å². The van der Waals surface area contributed by atoms with E-state index in [-0.39, 0.29) is 23.9 Å². The maximum absolute atomic E-state index is 12.1. The highest BCUT2D eigenvalue weighted by Crippen LogP contribution is 2.17. The zero-order chi connectivity index (χ0) is 22.9. The zero-order valence-electron chi connectivity index (χ0n) is 17.4. The van der Waals surface area contributed by atoms with Crippen molar-refractivity contribution in [1.29, 1.82) is 0 Å². The Morgan fingerprint density at radius 2 is 1.69 bits per heavy atom. The van der Waals surface area contributed by atoms with Gasteiger partial charge in [0.1, 0.15) is 17.3 Å². The SMILES string of the molecule is COc1cccc(NC(=O)COc2ccc(C(=O)OCC(=O)Nc3cc(C)on3)cc2)c1. The Labute approximate surface area is 183 Å². The molecule has 10 nitrogen and oxygen atoms in total. The number of aromatic nitrogens is 1. The predicted molar refractivity (Wildman–Crippen MR) is 114 cm³/mol. The number of nitrogens with one attached hydrogen (secondary N) is 2. The first-order valence-corrected chi connectivity index (χ1v) is 9.50. The van der Waals surface area contributed by atoms with Crippen LogP contribution >= 0.6 is 0 Å². The molecule has 2 aromatic carbocycles. The smallest absolute Gasteiger partial charge is 0.338 e. The maximum atomic E-state index is 12.1. The molecule has 0 bridgehead atoms. The molecule has 0 spiro atoms. The van der Waals surface area contributed by atoms with Gasteiger partial charge < -0.3 is 29.4 Å². The lowest BCUT2D eigenvalue weighted by atomic mass is 10.2. The number of carbonyl (C=O) groups excluding carboxylic acids is 3. The highest BCUT2D eigenvalue weighted by Gasteiger charge is 2.12. The van der Waals surface area contributed by atoms with Crippen LogP contribution in [0.3, 0.4) is 0 Å². The van der Waals surface area contributed by atoms with Gasteiger partial charge in [-0.3, -0.25) is 9.59 Å². The van der Waals surface area contributed by atoms with Crippen molar-refractivity contribution in [2.24, 2.45) is 0 Å². The van der Waals surface area contributed by atoms with Crippen molar-refractivity contribution in [2.45, 2.75) is 6.92 Å². The number of hydrogen-bond donors (Lipinski definition) is 2. The third-order valence-electron chi connectivity index (χ3n) is 4.04. The number of amides is 2. The maximum Gasteiger partial charge on any atom is 0.338 e. The lowest BCUT2D eigenvalue weighted by molar-refractivity contribution is -0.119. The van der Waals surface area contributed by atoms with E-state index in [1.165, 1.54) is 37.4 Å². The number of rotatable bonds is 9. The number of aryl methyl sites for hydroxylation is 1. The fraction of sp³-hybridized carbons (Fsp3) is 0.182. The Hall–Kier alpha value is -4.34. The molecular weight excluding hydrogens is 418 g/mol. The number of anilines is 2. The third kappa shape index (κ3) is 6.59. The van der Waals surface area contributed by atoms with Crippen LogP contribution in [0.5, 0.6) is 11.5 Å². The molecule has 0 saturated heterocycles. The number of ether oxygens (including phenoxy) is 3. The van der Waals surface area contributed by atoms with Crippen molar-refractivity contribution < 1.29 is 33.1 Å². The van der Waals surface area contributed by atoms with E-state index in [2.05, 4.69) is 15.8 Å². The molecule has 0 aliphatic carbocycles. The second-order valence-electron chi connectivity index (χ2n) is 6.54. The van der Waals surface area contributed by atoms with Crippen molar-refractivity contribution >= 4 is 29.3 Å². The second kappa shape index (κ2) is 10.6. The minimum atomic E-state index is -0.682. The van der Waals surface area contributed by atoms with Gasteiger partial charge >= 0.3 is 5.97 Å². The molecule has 3 rings (SSSR count). The number of carbonyl (C=O) groups is 3. The topological polar surface area (TPSA) is 129 Å². The van der Waals surface area contributed by atoms with Crippen molar-refractivity contribution in [3.8, 4) is 11.5 Å². The molecule has 32 heavy (non-hydrogen) atoms. The molecule has 0 fully saturated rings. The van der Waals surface area contributed by atoms with Crippen LogP contribution in [-0.2, 0) is 14.3 Å². The van der Waals surface area contributed by atoms with E-state index in [9.17, 15) is 14.4 Å². The summed E-state index contributed by atoms with van der Waals surface area (Å²) in [6, 6.07) is 14.5. The highest BCUT2D eigenvalue weighted by atomic mass is 16.5. The highest BCUT2D eigenvalue weighted by molar-refractivity contribution is 5.95. The van der Waals surface area contributed by atoms with Crippen molar-refractivity contribution in [2.75, 3.05) is 31.0 Å². The van der Waals surface area contributed by atoms with Crippen LogP contribution in [0.2, 0.25) is 0 Å². The van der Waals surface area contributed by atoms with Gasteiger partial charge in [0, 0.05) is 17.8 Å². The van der Waals surface area contributed by atoms with Crippen molar-refractivity contribution in [3.05, 3.63) is 65.9 Å². The number of benzene rings is 2. The van der Waals surface area contributed by atoms with E-state index in [0.29, 0.717) is 22.9 Å². The molecule has 10 heteroatoms. The molecule has 1 heterocycles. The summed E-state index contributed by atoms with van der Waals surface area (Å²) in [5, 5.41) is 8.76. The first-order chi connectivity index (χ1) is 15.4. The van der Waals surface area contributed by atoms with Gasteiger partial charge in [0.15, 0.2) is 19.0 Å². The molecule has 0 saturated carbocycles. The van der Waals surface area contributed by atoms with Gasteiger partial charge in [-0.2, -0.15) is 0 Å². The first-order valence-electron chi connectivity index (χ1n) is 9.50. The molecule has 0 radical (unpaired) electrons. The second-order valence-corrected chi connectivity index (χ2v) is 6.54. The van der Waals surface area contributed by atoms with E-state index in [0.717, 1.165) is 0 Å². The monoisotopic (exact) mass is 439 g/mol. The minimum Gasteiger partial charge on any atom is -0.497 e. The minimum absolute atomic E-state index is 0.220. The van der Waals surface area contributed by atoms with Crippen molar-refractivity contribution in [3.63, 3.8) is 0 Å². The molecule has 1 aromatic heterocycles. The van der Waals surface area contributed by atoms with E-state index in [1.807, 2.05) is 0 Å². The largest absolute Gasteiger partial charge is 0.497 e. The first kappa shape index (κ1) is 22.3. The lowest BCUT2D eigenvalue weighted by Crippen LogP contribution is -2.21. The van der Waals surface area contributed by atoms with Crippen LogP contribution < -0.4 is 20.1 Å². The Bertz CT molecular complexity index is 1090. The van der Waals surface area contributed by atoms with Crippen LogP contribution in [0.4, 0.5) is 11.5 Å². The molecule has 3 aromatic rings. The van der Waals surface area contributed by atoms with Crippen LogP contribution in [0.15, 0.2) is 59.1 Å². The van der Waals surface area contributed by atoms with E-state index in [1.54, 1.807) is 31.2 Å². The summed E-state index contributed by atoms with van der Waals surface area (Å²) >= 11 is 0. The van der Waals surface area contributed by atoms with Crippen LogP contribution in [0, 0.1) is 6.92 Å². The fourth-order valence-corrected chi connectivity index (χ4v) is 2.55. The van der Waals surface area contributed by atoms with E-state index in [4.69, 9.17) is 18.7 Å². The zero-order valence-corrected chi connectivity index (χ0v) is 17.4. The summed E-state index contributed by atoms with van der Waals surface area (Å²) in [5.74, 6) is 0.207. The number of hydrogen-bond acceptors (Lipinski definition) is 8. The van der Waals surface area contributed by atoms with Gasteiger partial charge in [0.25, 0.3) is 11.8 Å². The van der Waals surface area contributed by atoms with Gasteiger partial charge in [-0.25, -0.2) is 4.79 Å². The summed E-state index contributed by atoms with van der Waals surface area (Å²) in [7, 11) is 1.54. The number of esters is 1. The third-order valence-corrected chi connectivity index (χ3v) is 4.04. The predicted octanol–water partition coefficient (Wildman–Crippen LogP) is 2.80. The van der Waals surface area contributed by atoms with Gasteiger partial charge in [0.05, 0.1) is 12.7 Å². The van der Waals surface area contributed by atoms with Gasteiger partial charge in [-0.15, -0.1) is 0 Å². The lowest BCUT2D eigenvalue weighted by Gasteiger charge is -2.09. The number of nitrogens with zero attached hydrogens (tertiary/aromatic N) is 1. The van der Waals surface area contributed by atoms with Crippen LogP contribution in [0.1, 0.15) is 16.1 Å². The Morgan fingerprint density at radius 3 is 2.38 bits per heavy atom. The van der Waals surface area contributed by atoms with E-state index < -0.39 is 18.5 Å². The normalized spacial score (nSPS) is 10.2. The number of methoxy groups -OCH3 is 1. The van der Waals surface area contributed by atoms with Gasteiger partial charge in [0.2, 0.25) is 0 Å². The Balaban J connectivity index is 1.43.